The van der Waals surface area contributed by atoms with E-state index in [1.165, 1.54) is 40.9 Å². The van der Waals surface area contributed by atoms with Crippen LogP contribution >= 0.6 is 11.3 Å². The molecule has 1 saturated heterocycles. The maximum Gasteiger partial charge on any atom is 0.223 e. The molecule has 2 aromatic rings. The van der Waals surface area contributed by atoms with Gasteiger partial charge in [-0.2, -0.15) is 0 Å². The lowest BCUT2D eigenvalue weighted by atomic mass is 10.1. The number of aryl methyl sites for hydroxylation is 1. The minimum absolute atomic E-state index is 0.0449. The molecule has 0 atom stereocenters. The van der Waals surface area contributed by atoms with Crippen LogP contribution in [0.1, 0.15) is 44.2 Å². The molecule has 0 bridgehead atoms. The smallest absolute Gasteiger partial charge is 0.223 e. The van der Waals surface area contributed by atoms with Crippen LogP contribution in [-0.2, 0) is 10.0 Å². The molecule has 4 rings (SSSR count). The van der Waals surface area contributed by atoms with Crippen molar-refractivity contribution in [2.45, 2.75) is 57.5 Å². The summed E-state index contributed by atoms with van der Waals surface area (Å²) in [6.45, 7) is 2.77. The molecule has 2 N–H and O–H groups in total. The van der Waals surface area contributed by atoms with E-state index in [0.29, 0.717) is 42.8 Å². The van der Waals surface area contributed by atoms with Crippen LogP contribution in [0.4, 0.5) is 15.5 Å². The highest BCUT2D eigenvalue weighted by atomic mass is 32.2. The molecular weight excluding hydrogens is 427 g/mol. The number of halogens is 1. The number of anilines is 2. The van der Waals surface area contributed by atoms with Gasteiger partial charge in [0.15, 0.2) is 10.9 Å². The van der Waals surface area contributed by atoms with Gasteiger partial charge in [-0.25, -0.2) is 32.1 Å². The maximum atomic E-state index is 14.5. The average molecular weight is 455 g/mol. The van der Waals surface area contributed by atoms with Gasteiger partial charge >= 0.3 is 0 Å². The Morgan fingerprint density at radius 1 is 1.10 bits per heavy atom. The third-order valence-electron chi connectivity index (χ3n) is 5.69. The van der Waals surface area contributed by atoms with E-state index >= 15 is 0 Å². The second-order valence-electron chi connectivity index (χ2n) is 8.03. The highest BCUT2D eigenvalue weighted by Gasteiger charge is 2.26. The Morgan fingerprint density at radius 2 is 1.77 bits per heavy atom. The molecule has 11 heteroatoms. The number of thiazole rings is 1. The number of nitrogens with one attached hydrogen (secondary N) is 2. The van der Waals surface area contributed by atoms with Crippen LogP contribution in [0, 0.1) is 12.7 Å². The Morgan fingerprint density at radius 3 is 2.43 bits per heavy atom. The molecule has 2 aromatic heterocycles. The molecular formula is C19H27FN6O2S2. The van der Waals surface area contributed by atoms with Crippen LogP contribution in [-0.4, -0.2) is 59.1 Å². The molecule has 164 valence electrons. The molecule has 0 amide bonds. The van der Waals surface area contributed by atoms with Crippen LogP contribution in [0.2, 0.25) is 0 Å². The summed E-state index contributed by atoms with van der Waals surface area (Å²) in [6, 6.07) is 0.483. The predicted molar refractivity (Wildman–Crippen MR) is 117 cm³/mol. The van der Waals surface area contributed by atoms with Crippen LogP contribution in [0.3, 0.4) is 0 Å². The number of aromatic nitrogens is 3. The molecule has 1 aliphatic carbocycles. The van der Waals surface area contributed by atoms with E-state index in [4.69, 9.17) is 0 Å². The van der Waals surface area contributed by atoms with Crippen molar-refractivity contribution in [2.75, 3.05) is 30.0 Å². The number of hydrogen-bond donors (Lipinski definition) is 2. The summed E-state index contributed by atoms with van der Waals surface area (Å²) in [6.07, 6.45) is 8.45. The largest absolute Gasteiger partial charge is 0.359 e. The van der Waals surface area contributed by atoms with Crippen molar-refractivity contribution in [3.05, 3.63) is 17.7 Å². The number of rotatable bonds is 6. The van der Waals surface area contributed by atoms with E-state index in [1.807, 2.05) is 6.92 Å². The zero-order valence-corrected chi connectivity index (χ0v) is 18.8. The highest BCUT2D eigenvalue weighted by molar-refractivity contribution is 7.88. The minimum Gasteiger partial charge on any atom is -0.359 e. The zero-order chi connectivity index (χ0) is 21.3. The first-order valence-electron chi connectivity index (χ1n) is 10.3. The van der Waals surface area contributed by atoms with Gasteiger partial charge in [0.1, 0.15) is 5.69 Å². The number of sulfonamides is 1. The fourth-order valence-corrected chi connectivity index (χ4v) is 5.94. The SMILES string of the molecule is Cc1nc(NC2CCCC2)sc1-c1nc(NC2CCN(S(C)(=O)=O)CC2)ncc1F. The Hall–Kier alpha value is -1.85. The molecule has 0 spiro atoms. The van der Waals surface area contributed by atoms with Crippen LogP contribution in [0.25, 0.3) is 10.6 Å². The zero-order valence-electron chi connectivity index (χ0n) is 17.2. The summed E-state index contributed by atoms with van der Waals surface area (Å²) in [5.74, 6) is -0.131. The van der Waals surface area contributed by atoms with Gasteiger partial charge in [-0.15, -0.1) is 0 Å². The molecule has 8 nitrogen and oxygen atoms in total. The van der Waals surface area contributed by atoms with Gasteiger partial charge in [0.25, 0.3) is 0 Å². The lowest BCUT2D eigenvalue weighted by molar-refractivity contribution is 0.331. The van der Waals surface area contributed by atoms with Gasteiger partial charge in [-0.05, 0) is 32.6 Å². The van der Waals surface area contributed by atoms with Gasteiger partial charge in [0, 0.05) is 25.2 Å². The fourth-order valence-electron chi connectivity index (χ4n) is 4.03. The van der Waals surface area contributed by atoms with Gasteiger partial charge in [0.05, 0.1) is 23.0 Å². The number of nitrogens with zero attached hydrogens (tertiary/aromatic N) is 4. The molecule has 0 radical (unpaired) electrons. The summed E-state index contributed by atoms with van der Waals surface area (Å²) < 4.78 is 39.3. The predicted octanol–water partition coefficient (Wildman–Crippen LogP) is 3.24. The normalized spacial score (nSPS) is 19.3. The topological polar surface area (TPSA) is 100 Å². The third kappa shape index (κ3) is 4.89. The van der Waals surface area contributed by atoms with Crippen molar-refractivity contribution < 1.29 is 12.8 Å². The molecule has 2 fully saturated rings. The maximum absolute atomic E-state index is 14.5. The number of hydrogen-bond acceptors (Lipinski definition) is 8. The number of piperidine rings is 1. The Balaban J connectivity index is 1.47. The van der Waals surface area contributed by atoms with Gasteiger partial charge in [0.2, 0.25) is 16.0 Å². The Labute approximate surface area is 180 Å². The first-order chi connectivity index (χ1) is 14.3. The van der Waals surface area contributed by atoms with Crippen LogP contribution in [0.15, 0.2) is 6.20 Å². The van der Waals surface area contributed by atoms with Crippen molar-refractivity contribution in [1.29, 1.82) is 0 Å². The summed E-state index contributed by atoms with van der Waals surface area (Å²) in [5, 5.41) is 7.49. The lowest BCUT2D eigenvalue weighted by Gasteiger charge is -2.30. The van der Waals surface area contributed by atoms with Gasteiger partial charge in [-0.3, -0.25) is 0 Å². The highest BCUT2D eigenvalue weighted by Crippen LogP contribution is 2.35. The van der Waals surface area contributed by atoms with E-state index < -0.39 is 15.8 Å². The summed E-state index contributed by atoms with van der Waals surface area (Å²) in [5.41, 5.74) is 0.987. The molecule has 3 heterocycles. The standard InChI is InChI=1S/C19H27FN6O2S2/c1-12-17(29-19(22-12)24-13-5-3-4-6-13)16-15(20)11-21-18(25-16)23-14-7-9-26(10-8-14)30(2,27)28/h11,13-14H,3-10H2,1-2H3,(H,22,24)(H,21,23,25). The van der Waals surface area contributed by atoms with Crippen molar-refractivity contribution in [3.63, 3.8) is 0 Å². The van der Waals surface area contributed by atoms with Gasteiger partial charge < -0.3 is 10.6 Å². The second kappa shape index (κ2) is 8.72. The van der Waals surface area contributed by atoms with E-state index in [-0.39, 0.29) is 11.7 Å². The van der Waals surface area contributed by atoms with Crippen molar-refractivity contribution in [1.82, 2.24) is 19.3 Å². The van der Waals surface area contributed by atoms with E-state index in [1.54, 1.807) is 0 Å². The van der Waals surface area contributed by atoms with Crippen LogP contribution < -0.4 is 10.6 Å². The molecule has 0 unspecified atom stereocenters. The quantitative estimate of drug-likeness (QED) is 0.691. The Kier molecular flexibility index (Phi) is 6.21. The van der Waals surface area contributed by atoms with Crippen molar-refractivity contribution in [2.24, 2.45) is 0 Å². The Bertz CT molecular complexity index is 998. The molecule has 30 heavy (non-hydrogen) atoms. The molecule has 0 aromatic carbocycles. The first kappa shape index (κ1) is 21.4. The lowest BCUT2D eigenvalue weighted by Crippen LogP contribution is -2.42. The average Bonchev–Trinajstić information content (AvgIpc) is 3.33. The second-order valence-corrected chi connectivity index (χ2v) is 11.0. The van der Waals surface area contributed by atoms with Crippen molar-refractivity contribution >= 4 is 32.4 Å². The first-order valence-corrected chi connectivity index (χ1v) is 12.9. The fraction of sp³-hybridized carbons (Fsp3) is 0.632. The minimum atomic E-state index is -3.17. The van der Waals surface area contributed by atoms with Crippen LogP contribution in [0.5, 0.6) is 0 Å². The molecule has 1 saturated carbocycles. The monoisotopic (exact) mass is 454 g/mol. The van der Waals surface area contributed by atoms with E-state index in [0.717, 1.165) is 23.7 Å². The summed E-state index contributed by atoms with van der Waals surface area (Å²) >= 11 is 1.42. The van der Waals surface area contributed by atoms with E-state index in [9.17, 15) is 12.8 Å². The summed E-state index contributed by atoms with van der Waals surface area (Å²) in [7, 11) is -3.17. The molecule has 2 aliphatic rings. The summed E-state index contributed by atoms with van der Waals surface area (Å²) in [4.78, 5) is 13.8. The van der Waals surface area contributed by atoms with Crippen molar-refractivity contribution in [3.8, 4) is 10.6 Å². The van der Waals surface area contributed by atoms with E-state index in [2.05, 4.69) is 25.6 Å². The third-order valence-corrected chi connectivity index (χ3v) is 8.09. The van der Waals surface area contributed by atoms with Gasteiger partial charge in [-0.1, -0.05) is 24.2 Å². The molecule has 1 aliphatic heterocycles.